The lowest BCUT2D eigenvalue weighted by molar-refractivity contribution is -0.124. The molecule has 4 aromatic rings. The molecule has 1 saturated heterocycles. The van der Waals surface area contributed by atoms with Crippen molar-refractivity contribution >= 4 is 38.7 Å². The molecule has 0 aliphatic carbocycles. The van der Waals surface area contributed by atoms with Crippen LogP contribution in [0.4, 0.5) is 5.82 Å². The van der Waals surface area contributed by atoms with Gasteiger partial charge in [0.2, 0.25) is 0 Å². The van der Waals surface area contributed by atoms with Crippen LogP contribution in [-0.2, 0) is 16.1 Å². The number of thiophene rings is 1. The molecule has 9 heteroatoms. The Kier molecular flexibility index (Phi) is 6.09. The van der Waals surface area contributed by atoms with Gasteiger partial charge < -0.3 is 20.1 Å². The van der Waals surface area contributed by atoms with Crippen molar-refractivity contribution in [1.82, 2.24) is 19.5 Å². The third-order valence-corrected chi connectivity index (χ3v) is 7.65. The molecule has 1 fully saturated rings. The van der Waals surface area contributed by atoms with Gasteiger partial charge >= 0.3 is 0 Å². The van der Waals surface area contributed by atoms with E-state index in [4.69, 9.17) is 15.2 Å². The van der Waals surface area contributed by atoms with Crippen molar-refractivity contribution in [1.29, 1.82) is 0 Å². The standard InChI is InChI=1S/C26H27N5O3S/c1-5-6-21(32)30-8-7-16(12-30)23-18(13-33-3)22(24-26(27)28-14-29-31(23)24)20-11-17-9-15(2)10-19(34-4)25(17)35-20/h9-11,14,16H,7-8,12-13H2,1-4H3,(H2,27,28,29)/t16-/m1/s1. The molecular weight excluding hydrogens is 462 g/mol. The van der Waals surface area contributed by atoms with E-state index in [2.05, 4.69) is 41.0 Å². The van der Waals surface area contributed by atoms with Crippen LogP contribution in [0.2, 0.25) is 0 Å². The molecular formula is C26H27N5O3S. The van der Waals surface area contributed by atoms with E-state index in [-0.39, 0.29) is 11.8 Å². The molecule has 0 saturated carbocycles. The molecule has 180 valence electrons. The number of fused-ring (bicyclic) bond motifs is 2. The Morgan fingerprint density at radius 3 is 2.89 bits per heavy atom. The van der Waals surface area contributed by atoms with Gasteiger partial charge in [-0.05, 0) is 49.3 Å². The van der Waals surface area contributed by atoms with Crippen LogP contribution >= 0.6 is 11.3 Å². The third kappa shape index (κ3) is 3.89. The van der Waals surface area contributed by atoms with Crippen molar-refractivity contribution < 1.29 is 14.3 Å². The fourth-order valence-corrected chi connectivity index (χ4v) is 6.26. The first-order valence-corrected chi connectivity index (χ1v) is 12.2. The number of rotatable bonds is 5. The van der Waals surface area contributed by atoms with Gasteiger partial charge in [0.15, 0.2) is 5.82 Å². The number of nitrogen functional groups attached to an aromatic ring is 1. The van der Waals surface area contributed by atoms with E-state index in [1.807, 2.05) is 10.6 Å². The van der Waals surface area contributed by atoms with Crippen LogP contribution in [0.25, 0.3) is 26.0 Å². The molecule has 5 rings (SSSR count). The molecule has 0 radical (unpaired) electrons. The van der Waals surface area contributed by atoms with E-state index < -0.39 is 0 Å². The second kappa shape index (κ2) is 9.21. The Morgan fingerprint density at radius 1 is 1.31 bits per heavy atom. The summed E-state index contributed by atoms with van der Waals surface area (Å²) >= 11 is 1.65. The molecule has 1 aliphatic heterocycles. The van der Waals surface area contributed by atoms with Gasteiger partial charge in [0.1, 0.15) is 17.6 Å². The lowest BCUT2D eigenvalue weighted by Gasteiger charge is -2.15. The second-order valence-corrected chi connectivity index (χ2v) is 9.74. The average molecular weight is 490 g/mol. The SMILES string of the molecule is CC#CC(=O)N1CC[C@@H](c2c(COC)c(-c3cc4cc(C)cc(OC)c4s3)c3c(N)ncnn23)C1. The molecule has 1 amide bonds. The van der Waals surface area contributed by atoms with E-state index in [1.165, 1.54) is 6.33 Å². The summed E-state index contributed by atoms with van der Waals surface area (Å²) in [5, 5.41) is 5.71. The number of amides is 1. The summed E-state index contributed by atoms with van der Waals surface area (Å²) < 4.78 is 14.3. The van der Waals surface area contributed by atoms with Gasteiger partial charge in [0.05, 0.1) is 24.1 Å². The highest BCUT2D eigenvalue weighted by Crippen LogP contribution is 2.46. The second-order valence-electron chi connectivity index (χ2n) is 8.69. The summed E-state index contributed by atoms with van der Waals surface area (Å²) in [5.74, 6) is 6.54. The Labute approximate surface area is 207 Å². The topological polar surface area (TPSA) is 95.0 Å². The van der Waals surface area contributed by atoms with E-state index in [1.54, 1.807) is 37.4 Å². The number of carbonyl (C=O) groups excluding carboxylic acids is 1. The summed E-state index contributed by atoms with van der Waals surface area (Å²) in [4.78, 5) is 19.6. The number of ether oxygens (including phenoxy) is 2. The molecule has 2 N–H and O–H groups in total. The molecule has 3 aromatic heterocycles. The van der Waals surface area contributed by atoms with Gasteiger partial charge in [-0.2, -0.15) is 5.10 Å². The molecule has 0 bridgehead atoms. The van der Waals surface area contributed by atoms with Crippen LogP contribution in [0.5, 0.6) is 5.75 Å². The maximum atomic E-state index is 12.4. The van der Waals surface area contributed by atoms with Gasteiger partial charge in [-0.25, -0.2) is 9.50 Å². The van der Waals surface area contributed by atoms with Crippen molar-refractivity contribution in [3.8, 4) is 28.0 Å². The predicted octanol–water partition coefficient (Wildman–Crippen LogP) is 4.00. The summed E-state index contributed by atoms with van der Waals surface area (Å²) in [6.07, 6.45) is 2.28. The summed E-state index contributed by atoms with van der Waals surface area (Å²) in [6.45, 7) is 5.34. The number of benzene rings is 1. The maximum Gasteiger partial charge on any atom is 0.298 e. The first kappa shape index (κ1) is 23.1. The highest BCUT2D eigenvalue weighted by Gasteiger charge is 2.34. The highest BCUT2D eigenvalue weighted by molar-refractivity contribution is 7.22. The van der Waals surface area contributed by atoms with Crippen molar-refractivity contribution in [2.24, 2.45) is 0 Å². The minimum Gasteiger partial charge on any atom is -0.495 e. The fraction of sp³-hybridized carbons (Fsp3) is 0.346. The number of nitrogens with zero attached hydrogens (tertiary/aromatic N) is 4. The predicted molar refractivity (Wildman–Crippen MR) is 138 cm³/mol. The molecule has 8 nitrogen and oxygen atoms in total. The minimum absolute atomic E-state index is 0.0736. The Morgan fingerprint density at radius 2 is 2.14 bits per heavy atom. The Balaban J connectivity index is 1.74. The maximum absolute atomic E-state index is 12.4. The van der Waals surface area contributed by atoms with Crippen molar-refractivity contribution in [2.75, 3.05) is 33.0 Å². The van der Waals surface area contributed by atoms with E-state index in [0.29, 0.717) is 25.5 Å². The van der Waals surface area contributed by atoms with Crippen LogP contribution in [-0.4, -0.2) is 52.7 Å². The number of carbonyl (C=O) groups is 1. The normalized spacial score (nSPS) is 15.5. The number of hydrogen-bond donors (Lipinski definition) is 1. The quantitative estimate of drug-likeness (QED) is 0.426. The number of anilines is 1. The number of nitrogens with two attached hydrogens (primary N) is 1. The summed E-state index contributed by atoms with van der Waals surface area (Å²) in [6, 6.07) is 6.37. The number of likely N-dealkylation sites (tertiary alicyclic amines) is 1. The zero-order valence-corrected chi connectivity index (χ0v) is 21.0. The smallest absolute Gasteiger partial charge is 0.298 e. The van der Waals surface area contributed by atoms with Crippen LogP contribution in [0, 0.1) is 18.8 Å². The third-order valence-electron chi connectivity index (χ3n) is 6.47. The van der Waals surface area contributed by atoms with Crippen LogP contribution in [0.1, 0.15) is 36.1 Å². The number of hydrogen-bond acceptors (Lipinski definition) is 7. The van der Waals surface area contributed by atoms with Gasteiger partial charge in [-0.3, -0.25) is 4.79 Å². The van der Waals surface area contributed by atoms with Gasteiger partial charge in [-0.15, -0.1) is 11.3 Å². The Bertz CT molecular complexity index is 1510. The molecule has 1 atom stereocenters. The highest BCUT2D eigenvalue weighted by atomic mass is 32.1. The van der Waals surface area contributed by atoms with Crippen molar-refractivity contribution in [3.63, 3.8) is 0 Å². The molecule has 35 heavy (non-hydrogen) atoms. The monoisotopic (exact) mass is 489 g/mol. The Hall–Kier alpha value is -3.61. The first-order valence-electron chi connectivity index (χ1n) is 11.4. The lowest BCUT2D eigenvalue weighted by atomic mass is 9.98. The van der Waals surface area contributed by atoms with Gasteiger partial charge in [0, 0.05) is 42.1 Å². The molecule has 0 spiro atoms. The number of methoxy groups -OCH3 is 2. The van der Waals surface area contributed by atoms with Gasteiger partial charge in [0.25, 0.3) is 5.91 Å². The lowest BCUT2D eigenvalue weighted by Crippen LogP contribution is -2.27. The minimum atomic E-state index is -0.148. The number of aromatic nitrogens is 3. The van der Waals surface area contributed by atoms with Gasteiger partial charge in [-0.1, -0.05) is 12.0 Å². The van der Waals surface area contributed by atoms with Crippen LogP contribution < -0.4 is 10.5 Å². The molecule has 1 aromatic carbocycles. The summed E-state index contributed by atoms with van der Waals surface area (Å²) in [5.41, 5.74) is 11.3. The first-order chi connectivity index (χ1) is 17.0. The molecule has 1 aliphatic rings. The fourth-order valence-electron chi connectivity index (χ4n) is 5.05. The van der Waals surface area contributed by atoms with Crippen molar-refractivity contribution in [2.45, 2.75) is 32.8 Å². The number of aryl methyl sites for hydroxylation is 1. The molecule has 0 unspecified atom stereocenters. The van der Waals surface area contributed by atoms with E-state index in [9.17, 15) is 4.79 Å². The molecule has 4 heterocycles. The van der Waals surface area contributed by atoms with Crippen molar-refractivity contribution in [3.05, 3.63) is 41.3 Å². The van der Waals surface area contributed by atoms with E-state index in [0.717, 1.165) is 55.0 Å². The van der Waals surface area contributed by atoms with Crippen LogP contribution in [0.15, 0.2) is 24.5 Å². The van der Waals surface area contributed by atoms with E-state index >= 15 is 0 Å². The largest absolute Gasteiger partial charge is 0.495 e. The summed E-state index contributed by atoms with van der Waals surface area (Å²) in [7, 11) is 3.38. The average Bonchev–Trinajstić information content (AvgIpc) is 3.54. The zero-order valence-electron chi connectivity index (χ0n) is 20.2. The zero-order chi connectivity index (χ0) is 24.7. The van der Waals surface area contributed by atoms with Crippen LogP contribution in [0.3, 0.4) is 0 Å².